The summed E-state index contributed by atoms with van der Waals surface area (Å²) in [7, 11) is 0. The van der Waals surface area contributed by atoms with Crippen molar-refractivity contribution < 1.29 is 0 Å². The average Bonchev–Trinajstić information content (AvgIpc) is 2.32. The van der Waals surface area contributed by atoms with Crippen LogP contribution in [-0.2, 0) is 12.8 Å². The Kier molecular flexibility index (Phi) is 3.00. The van der Waals surface area contributed by atoms with E-state index in [9.17, 15) is 0 Å². The van der Waals surface area contributed by atoms with Crippen LogP contribution in [0.5, 0.6) is 0 Å². The molecular formula is C12H14N4. The second-order valence-electron chi connectivity index (χ2n) is 3.59. The van der Waals surface area contributed by atoms with E-state index >= 15 is 0 Å². The molecule has 0 spiro atoms. The van der Waals surface area contributed by atoms with Crippen LogP contribution in [0.3, 0.4) is 0 Å². The Morgan fingerprint density at radius 3 is 2.56 bits per heavy atom. The van der Waals surface area contributed by atoms with Crippen LogP contribution >= 0.6 is 0 Å². The summed E-state index contributed by atoms with van der Waals surface area (Å²) in [6.07, 6.45) is 5.16. The summed E-state index contributed by atoms with van der Waals surface area (Å²) in [5.74, 6) is 0.401. The molecule has 2 aromatic rings. The van der Waals surface area contributed by atoms with Crippen molar-refractivity contribution in [3.8, 4) is 0 Å². The van der Waals surface area contributed by atoms with Gasteiger partial charge in [0.05, 0.1) is 5.69 Å². The fourth-order valence-corrected chi connectivity index (χ4v) is 1.56. The summed E-state index contributed by atoms with van der Waals surface area (Å²) >= 11 is 0. The molecule has 2 rings (SSSR count). The highest BCUT2D eigenvalue weighted by atomic mass is 14.9. The lowest BCUT2D eigenvalue weighted by molar-refractivity contribution is 0.914. The standard InChI is InChI=1S/C12H14N4/c13-11-9(6-8-16-12(11)14)4-5-10-3-1-2-7-15-10/h1-3,6-8H,4-5,13H2,(H2,14,16). The second kappa shape index (κ2) is 4.61. The van der Waals surface area contributed by atoms with Gasteiger partial charge in [-0.3, -0.25) is 4.98 Å². The molecule has 4 N–H and O–H groups in total. The first-order valence-corrected chi connectivity index (χ1v) is 5.16. The van der Waals surface area contributed by atoms with Gasteiger partial charge in [0.15, 0.2) is 0 Å². The first-order valence-electron chi connectivity index (χ1n) is 5.16. The highest BCUT2D eigenvalue weighted by Gasteiger charge is 2.03. The summed E-state index contributed by atoms with van der Waals surface area (Å²) in [5.41, 5.74) is 14.1. The van der Waals surface area contributed by atoms with Crippen LogP contribution < -0.4 is 11.5 Å². The zero-order valence-corrected chi connectivity index (χ0v) is 8.93. The monoisotopic (exact) mass is 214 g/mol. The predicted molar refractivity (Wildman–Crippen MR) is 64.7 cm³/mol. The number of nitrogen functional groups attached to an aromatic ring is 2. The van der Waals surface area contributed by atoms with Gasteiger partial charge in [0, 0.05) is 18.1 Å². The number of rotatable bonds is 3. The van der Waals surface area contributed by atoms with Gasteiger partial charge in [0.2, 0.25) is 0 Å². The number of nitrogens with two attached hydrogens (primary N) is 2. The Labute approximate surface area is 94.3 Å². The lowest BCUT2D eigenvalue weighted by Crippen LogP contribution is -2.03. The Morgan fingerprint density at radius 2 is 1.81 bits per heavy atom. The van der Waals surface area contributed by atoms with Crippen LogP contribution in [0.2, 0.25) is 0 Å². The molecule has 0 unspecified atom stereocenters. The largest absolute Gasteiger partial charge is 0.396 e. The summed E-state index contributed by atoms with van der Waals surface area (Å²) in [6.45, 7) is 0. The number of nitrogens with zero attached hydrogens (tertiary/aromatic N) is 2. The third kappa shape index (κ3) is 2.28. The molecule has 0 aliphatic carbocycles. The van der Waals surface area contributed by atoms with Gasteiger partial charge in [0.25, 0.3) is 0 Å². The zero-order chi connectivity index (χ0) is 11.4. The summed E-state index contributed by atoms with van der Waals surface area (Å²) in [6, 6.07) is 7.78. The molecule has 82 valence electrons. The molecule has 0 atom stereocenters. The average molecular weight is 214 g/mol. The molecule has 4 nitrogen and oxygen atoms in total. The molecule has 0 aliphatic heterocycles. The van der Waals surface area contributed by atoms with E-state index in [2.05, 4.69) is 9.97 Å². The maximum absolute atomic E-state index is 5.84. The first-order chi connectivity index (χ1) is 7.77. The van der Waals surface area contributed by atoms with E-state index in [4.69, 9.17) is 11.5 Å². The molecule has 0 fully saturated rings. The van der Waals surface area contributed by atoms with Gasteiger partial charge in [0.1, 0.15) is 5.82 Å². The third-order valence-electron chi connectivity index (χ3n) is 2.49. The fourth-order valence-electron chi connectivity index (χ4n) is 1.56. The van der Waals surface area contributed by atoms with Gasteiger partial charge in [-0.15, -0.1) is 0 Å². The molecule has 0 saturated heterocycles. The minimum atomic E-state index is 0.401. The van der Waals surface area contributed by atoms with Crippen molar-refractivity contribution in [3.05, 3.63) is 47.9 Å². The van der Waals surface area contributed by atoms with E-state index in [0.29, 0.717) is 11.5 Å². The minimum Gasteiger partial charge on any atom is -0.396 e. The number of hydrogen-bond donors (Lipinski definition) is 2. The Morgan fingerprint density at radius 1 is 0.938 bits per heavy atom. The molecule has 4 heteroatoms. The number of pyridine rings is 2. The van der Waals surface area contributed by atoms with Gasteiger partial charge in [-0.2, -0.15) is 0 Å². The van der Waals surface area contributed by atoms with Crippen LogP contribution in [-0.4, -0.2) is 9.97 Å². The number of aromatic nitrogens is 2. The number of hydrogen-bond acceptors (Lipinski definition) is 4. The van der Waals surface area contributed by atoms with Crippen molar-refractivity contribution in [1.29, 1.82) is 0 Å². The Hall–Kier alpha value is -2.10. The van der Waals surface area contributed by atoms with Crippen molar-refractivity contribution in [2.75, 3.05) is 11.5 Å². The van der Waals surface area contributed by atoms with Crippen molar-refractivity contribution in [2.24, 2.45) is 0 Å². The lowest BCUT2D eigenvalue weighted by Gasteiger charge is -2.06. The van der Waals surface area contributed by atoms with Gasteiger partial charge in [-0.1, -0.05) is 6.07 Å². The van der Waals surface area contributed by atoms with Crippen molar-refractivity contribution >= 4 is 11.5 Å². The molecule has 0 bridgehead atoms. The van der Waals surface area contributed by atoms with Crippen LogP contribution in [0, 0.1) is 0 Å². The zero-order valence-electron chi connectivity index (χ0n) is 8.93. The van der Waals surface area contributed by atoms with Crippen LogP contribution in [0.15, 0.2) is 36.7 Å². The number of anilines is 2. The smallest absolute Gasteiger partial charge is 0.146 e. The molecular weight excluding hydrogens is 200 g/mol. The van der Waals surface area contributed by atoms with Gasteiger partial charge < -0.3 is 11.5 Å². The molecule has 0 amide bonds. The van der Waals surface area contributed by atoms with Gasteiger partial charge >= 0.3 is 0 Å². The van der Waals surface area contributed by atoms with Gasteiger partial charge in [-0.05, 0) is 36.6 Å². The van der Waals surface area contributed by atoms with E-state index < -0.39 is 0 Å². The molecule has 2 aromatic heterocycles. The van der Waals surface area contributed by atoms with Crippen LogP contribution in [0.4, 0.5) is 11.5 Å². The molecule has 0 radical (unpaired) electrons. The maximum Gasteiger partial charge on any atom is 0.146 e. The molecule has 0 aromatic carbocycles. The summed E-state index contributed by atoms with van der Waals surface area (Å²) in [4.78, 5) is 8.19. The third-order valence-corrected chi connectivity index (χ3v) is 2.49. The van der Waals surface area contributed by atoms with Crippen molar-refractivity contribution in [1.82, 2.24) is 9.97 Å². The fraction of sp³-hybridized carbons (Fsp3) is 0.167. The number of aryl methyl sites for hydroxylation is 2. The van der Waals surface area contributed by atoms with E-state index in [0.717, 1.165) is 24.1 Å². The van der Waals surface area contributed by atoms with E-state index in [-0.39, 0.29) is 0 Å². The predicted octanol–water partition coefficient (Wildman–Crippen LogP) is 1.43. The highest BCUT2D eigenvalue weighted by Crippen LogP contribution is 2.18. The van der Waals surface area contributed by atoms with E-state index in [1.54, 1.807) is 12.4 Å². The topological polar surface area (TPSA) is 77.8 Å². The maximum atomic E-state index is 5.84. The van der Waals surface area contributed by atoms with Crippen molar-refractivity contribution in [3.63, 3.8) is 0 Å². The molecule has 0 saturated carbocycles. The van der Waals surface area contributed by atoms with Crippen LogP contribution in [0.25, 0.3) is 0 Å². The lowest BCUT2D eigenvalue weighted by atomic mass is 10.1. The quantitative estimate of drug-likeness (QED) is 0.810. The normalized spacial score (nSPS) is 10.2. The van der Waals surface area contributed by atoms with Crippen molar-refractivity contribution in [2.45, 2.75) is 12.8 Å². The van der Waals surface area contributed by atoms with Gasteiger partial charge in [-0.25, -0.2) is 4.98 Å². The SMILES string of the molecule is Nc1nccc(CCc2ccccn2)c1N. The van der Waals surface area contributed by atoms with E-state index in [1.165, 1.54) is 0 Å². The summed E-state index contributed by atoms with van der Waals surface area (Å²) < 4.78 is 0. The summed E-state index contributed by atoms with van der Waals surface area (Å²) in [5, 5.41) is 0. The minimum absolute atomic E-state index is 0.401. The molecule has 0 aliphatic rings. The second-order valence-corrected chi connectivity index (χ2v) is 3.59. The Bertz CT molecular complexity index is 468. The Balaban J connectivity index is 2.08. The van der Waals surface area contributed by atoms with E-state index in [1.807, 2.05) is 24.3 Å². The first kappa shape index (κ1) is 10.4. The molecule has 16 heavy (non-hydrogen) atoms. The molecule has 2 heterocycles. The van der Waals surface area contributed by atoms with Crippen LogP contribution in [0.1, 0.15) is 11.3 Å². The highest BCUT2D eigenvalue weighted by molar-refractivity contribution is 5.62.